The first kappa shape index (κ1) is 12.9. The van der Waals surface area contributed by atoms with Crippen molar-refractivity contribution in [3.05, 3.63) is 48.0 Å². The third-order valence-corrected chi connectivity index (χ3v) is 3.59. The van der Waals surface area contributed by atoms with Crippen LogP contribution in [0.3, 0.4) is 0 Å². The van der Waals surface area contributed by atoms with Crippen molar-refractivity contribution in [2.24, 2.45) is 5.92 Å². The zero-order chi connectivity index (χ0) is 12.8. The van der Waals surface area contributed by atoms with E-state index in [-0.39, 0.29) is 11.8 Å². The molecule has 18 heavy (non-hydrogen) atoms. The van der Waals surface area contributed by atoms with Gasteiger partial charge in [0.2, 0.25) is 5.91 Å². The van der Waals surface area contributed by atoms with E-state index in [9.17, 15) is 4.79 Å². The highest BCUT2D eigenvalue weighted by Crippen LogP contribution is 2.19. The third kappa shape index (κ3) is 3.46. The fourth-order valence-corrected chi connectivity index (χ4v) is 2.33. The van der Waals surface area contributed by atoms with Crippen LogP contribution in [0.1, 0.15) is 37.7 Å². The van der Waals surface area contributed by atoms with Crippen LogP contribution in [0.5, 0.6) is 0 Å². The van der Waals surface area contributed by atoms with Gasteiger partial charge in [0, 0.05) is 12.5 Å². The lowest BCUT2D eigenvalue weighted by Crippen LogP contribution is -2.33. The van der Waals surface area contributed by atoms with Gasteiger partial charge < -0.3 is 5.32 Å². The lowest BCUT2D eigenvalue weighted by Gasteiger charge is -2.19. The number of hydrogen-bond acceptors (Lipinski definition) is 1. The maximum atomic E-state index is 12.0. The molecule has 2 unspecified atom stereocenters. The summed E-state index contributed by atoms with van der Waals surface area (Å²) >= 11 is 0. The number of carbonyl (C=O) groups excluding carboxylic acids is 1. The maximum Gasteiger partial charge on any atom is 0.223 e. The van der Waals surface area contributed by atoms with Crippen LogP contribution in [0.25, 0.3) is 0 Å². The predicted molar refractivity (Wildman–Crippen MR) is 74.3 cm³/mol. The molecule has 1 aliphatic carbocycles. The number of allylic oxidation sites excluding steroid dienone is 2. The van der Waals surface area contributed by atoms with Gasteiger partial charge in [-0.1, -0.05) is 49.4 Å². The predicted octanol–water partition coefficient (Wildman–Crippen LogP) is 3.26. The molecule has 2 rings (SSSR count). The van der Waals surface area contributed by atoms with E-state index in [4.69, 9.17) is 0 Å². The Labute approximate surface area is 109 Å². The Bertz CT molecular complexity index is 410. The first-order valence-corrected chi connectivity index (χ1v) is 6.75. The first-order chi connectivity index (χ1) is 8.77. The summed E-state index contributed by atoms with van der Waals surface area (Å²) in [7, 11) is 0. The molecule has 2 heteroatoms. The summed E-state index contributed by atoms with van der Waals surface area (Å²) in [6.45, 7) is 2.87. The molecule has 96 valence electrons. The minimum Gasteiger partial charge on any atom is -0.355 e. The van der Waals surface area contributed by atoms with E-state index in [1.807, 2.05) is 18.2 Å². The molecule has 0 heterocycles. The molecule has 0 bridgehead atoms. The zero-order valence-corrected chi connectivity index (χ0v) is 10.9. The van der Waals surface area contributed by atoms with E-state index < -0.39 is 0 Å². The summed E-state index contributed by atoms with van der Waals surface area (Å²) in [4.78, 5) is 12.0. The standard InChI is InChI=1S/C16H21NO/c1-13(14-8-4-2-5-9-14)12-17-16(18)15-10-6-3-7-11-15/h2-6,8-9,13,15H,7,10-12H2,1H3,(H,17,18). The molecule has 2 nitrogen and oxygen atoms in total. The summed E-state index contributed by atoms with van der Waals surface area (Å²) in [5, 5.41) is 3.08. The molecule has 0 saturated heterocycles. The van der Waals surface area contributed by atoms with E-state index in [0.717, 1.165) is 25.8 Å². The molecule has 0 saturated carbocycles. The molecule has 1 aliphatic rings. The van der Waals surface area contributed by atoms with Crippen LogP contribution in [0.2, 0.25) is 0 Å². The highest BCUT2D eigenvalue weighted by atomic mass is 16.1. The number of carbonyl (C=O) groups is 1. The maximum absolute atomic E-state index is 12.0. The van der Waals surface area contributed by atoms with Crippen LogP contribution >= 0.6 is 0 Å². The second kappa shape index (κ2) is 6.39. The summed E-state index contributed by atoms with van der Waals surface area (Å²) in [6, 6.07) is 10.3. The van der Waals surface area contributed by atoms with E-state index >= 15 is 0 Å². The largest absolute Gasteiger partial charge is 0.355 e. The van der Waals surface area contributed by atoms with E-state index in [2.05, 4.69) is 36.5 Å². The Morgan fingerprint density at radius 3 is 2.78 bits per heavy atom. The molecule has 0 aromatic heterocycles. The number of benzene rings is 1. The van der Waals surface area contributed by atoms with Crippen LogP contribution < -0.4 is 5.32 Å². The average Bonchev–Trinajstić information content (AvgIpc) is 2.46. The third-order valence-electron chi connectivity index (χ3n) is 3.59. The second-order valence-electron chi connectivity index (χ2n) is 5.04. The van der Waals surface area contributed by atoms with Gasteiger partial charge in [-0.25, -0.2) is 0 Å². The quantitative estimate of drug-likeness (QED) is 0.808. The van der Waals surface area contributed by atoms with Crippen molar-refractivity contribution in [3.63, 3.8) is 0 Å². The van der Waals surface area contributed by atoms with Crippen molar-refractivity contribution in [1.29, 1.82) is 0 Å². The number of rotatable bonds is 4. The topological polar surface area (TPSA) is 29.1 Å². The van der Waals surface area contributed by atoms with Crippen molar-refractivity contribution in [3.8, 4) is 0 Å². The van der Waals surface area contributed by atoms with Crippen molar-refractivity contribution in [2.45, 2.75) is 32.1 Å². The highest BCUT2D eigenvalue weighted by molar-refractivity contribution is 5.79. The fourth-order valence-electron chi connectivity index (χ4n) is 2.33. The average molecular weight is 243 g/mol. The molecule has 1 aromatic rings. The Morgan fingerprint density at radius 1 is 1.33 bits per heavy atom. The van der Waals surface area contributed by atoms with Crippen LogP contribution in [-0.2, 0) is 4.79 Å². The van der Waals surface area contributed by atoms with Crippen molar-refractivity contribution < 1.29 is 4.79 Å². The molecule has 0 aliphatic heterocycles. The summed E-state index contributed by atoms with van der Waals surface area (Å²) < 4.78 is 0. The zero-order valence-electron chi connectivity index (χ0n) is 10.9. The van der Waals surface area contributed by atoms with Gasteiger partial charge in [0.25, 0.3) is 0 Å². The van der Waals surface area contributed by atoms with Crippen LogP contribution in [-0.4, -0.2) is 12.5 Å². The minimum absolute atomic E-state index is 0.179. The van der Waals surface area contributed by atoms with Crippen molar-refractivity contribution >= 4 is 5.91 Å². The molecule has 0 spiro atoms. The lowest BCUT2D eigenvalue weighted by atomic mass is 9.93. The molecule has 1 N–H and O–H groups in total. The van der Waals surface area contributed by atoms with Gasteiger partial charge in [-0.05, 0) is 30.7 Å². The molecule has 0 radical (unpaired) electrons. The molecule has 0 fully saturated rings. The Hall–Kier alpha value is -1.57. The van der Waals surface area contributed by atoms with E-state index in [1.165, 1.54) is 5.56 Å². The fraction of sp³-hybridized carbons (Fsp3) is 0.438. The van der Waals surface area contributed by atoms with Gasteiger partial charge in [0.15, 0.2) is 0 Å². The Balaban J connectivity index is 1.80. The summed E-state index contributed by atoms with van der Waals surface area (Å²) in [5.41, 5.74) is 1.28. The SMILES string of the molecule is CC(CNC(=O)C1CC=CCC1)c1ccccc1. The minimum atomic E-state index is 0.179. The molecular formula is C16H21NO. The normalized spacial score (nSPS) is 20.4. The number of nitrogens with one attached hydrogen (secondary N) is 1. The van der Waals surface area contributed by atoms with Gasteiger partial charge in [0.05, 0.1) is 0 Å². The lowest BCUT2D eigenvalue weighted by molar-refractivity contribution is -0.125. The van der Waals surface area contributed by atoms with Crippen LogP contribution in [0.4, 0.5) is 0 Å². The van der Waals surface area contributed by atoms with Crippen LogP contribution in [0, 0.1) is 5.92 Å². The van der Waals surface area contributed by atoms with Gasteiger partial charge in [-0.2, -0.15) is 0 Å². The van der Waals surface area contributed by atoms with E-state index in [0.29, 0.717) is 5.92 Å². The van der Waals surface area contributed by atoms with Crippen molar-refractivity contribution in [2.75, 3.05) is 6.54 Å². The number of hydrogen-bond donors (Lipinski definition) is 1. The number of amides is 1. The summed E-state index contributed by atoms with van der Waals surface area (Å²) in [5.74, 6) is 0.759. The van der Waals surface area contributed by atoms with Gasteiger partial charge in [0.1, 0.15) is 0 Å². The molecule has 1 amide bonds. The van der Waals surface area contributed by atoms with Crippen LogP contribution in [0.15, 0.2) is 42.5 Å². The van der Waals surface area contributed by atoms with E-state index in [1.54, 1.807) is 0 Å². The smallest absolute Gasteiger partial charge is 0.223 e. The second-order valence-corrected chi connectivity index (χ2v) is 5.04. The molecular weight excluding hydrogens is 222 g/mol. The van der Waals surface area contributed by atoms with Gasteiger partial charge >= 0.3 is 0 Å². The monoisotopic (exact) mass is 243 g/mol. The Kier molecular flexibility index (Phi) is 4.57. The first-order valence-electron chi connectivity index (χ1n) is 6.75. The molecule has 2 atom stereocenters. The Morgan fingerprint density at radius 2 is 2.11 bits per heavy atom. The molecule has 1 aromatic carbocycles. The summed E-state index contributed by atoms with van der Waals surface area (Å²) in [6.07, 6.45) is 7.20. The van der Waals surface area contributed by atoms with Crippen molar-refractivity contribution in [1.82, 2.24) is 5.32 Å². The van der Waals surface area contributed by atoms with Gasteiger partial charge in [-0.15, -0.1) is 0 Å². The highest BCUT2D eigenvalue weighted by Gasteiger charge is 2.18. The van der Waals surface area contributed by atoms with Gasteiger partial charge in [-0.3, -0.25) is 4.79 Å².